The van der Waals surface area contributed by atoms with E-state index in [0.717, 1.165) is 54.5 Å². The first-order valence-corrected chi connectivity index (χ1v) is 14.1. The van der Waals surface area contributed by atoms with E-state index in [1.165, 1.54) is 38.5 Å². The van der Waals surface area contributed by atoms with Gasteiger partial charge in [0, 0.05) is 31.7 Å². The molecule has 0 atom stereocenters. The van der Waals surface area contributed by atoms with Gasteiger partial charge in [0.15, 0.2) is 5.82 Å². The van der Waals surface area contributed by atoms with Crippen molar-refractivity contribution in [3.63, 3.8) is 0 Å². The Morgan fingerprint density at radius 2 is 1.26 bits per heavy atom. The van der Waals surface area contributed by atoms with Crippen LogP contribution < -0.4 is 5.73 Å². The summed E-state index contributed by atoms with van der Waals surface area (Å²) in [7, 11) is -2.34. The average molecular weight is 474 g/mol. The van der Waals surface area contributed by atoms with E-state index < -0.39 is 7.51 Å². The summed E-state index contributed by atoms with van der Waals surface area (Å²) in [4.78, 5) is 0. The third kappa shape index (κ3) is 3.72. The highest BCUT2D eigenvalue weighted by atomic mass is 31.2. The topological polar surface area (TPSA) is 75.0 Å². The number of nitrogens with zero attached hydrogens (tertiary/aromatic N) is 6. The fraction of sp³-hybridized carbons (Fsp3) is 0.385. The maximum absolute atomic E-state index is 6.77. The van der Waals surface area contributed by atoms with Gasteiger partial charge < -0.3 is 5.73 Å². The molecule has 2 N–H and O–H groups in total. The highest BCUT2D eigenvalue weighted by molar-refractivity contribution is 7.60. The molecular formula is C26H32N7P. The molecule has 3 aliphatic heterocycles. The highest BCUT2D eigenvalue weighted by Gasteiger charge is 2.41. The zero-order chi connectivity index (χ0) is 23.0. The molecule has 0 radical (unpaired) electrons. The quantitative estimate of drug-likeness (QED) is 0.482. The minimum atomic E-state index is -2.34. The number of benzene rings is 2. The van der Waals surface area contributed by atoms with Gasteiger partial charge in [-0.25, -0.2) is 18.8 Å². The Bertz CT molecular complexity index is 1210. The number of fused-ring (bicyclic) bond motifs is 1. The maximum Gasteiger partial charge on any atom is 0.218 e. The van der Waals surface area contributed by atoms with Crippen molar-refractivity contribution in [1.82, 2.24) is 19.1 Å². The molecule has 2 saturated heterocycles. The van der Waals surface area contributed by atoms with Crippen LogP contribution in [0.4, 0.5) is 11.6 Å². The first-order valence-electron chi connectivity index (χ1n) is 12.5. The van der Waals surface area contributed by atoms with E-state index in [1.54, 1.807) is 0 Å². The van der Waals surface area contributed by atoms with Crippen molar-refractivity contribution in [2.24, 2.45) is 9.51 Å². The lowest BCUT2D eigenvalue weighted by molar-refractivity contribution is 0.304. The Morgan fingerprint density at radius 3 is 1.85 bits per heavy atom. The molecule has 2 fully saturated rings. The number of para-hydroxylation sites is 1. The number of nitrogens with two attached hydrogens (primary N) is 1. The molecule has 1 aromatic heterocycles. The molecule has 3 aliphatic rings. The zero-order valence-corrected chi connectivity index (χ0v) is 20.4. The molecule has 2 aromatic carbocycles. The molecule has 0 bridgehead atoms. The molecule has 0 amide bonds. The maximum atomic E-state index is 6.77. The van der Waals surface area contributed by atoms with Gasteiger partial charge in [-0.05, 0) is 37.8 Å². The Kier molecular flexibility index (Phi) is 5.85. The summed E-state index contributed by atoms with van der Waals surface area (Å²) >= 11 is 0. The summed E-state index contributed by atoms with van der Waals surface area (Å²) in [5.41, 5.74) is 10.6. The summed E-state index contributed by atoms with van der Waals surface area (Å²) in [5.74, 6) is 1.34. The predicted octanol–water partition coefficient (Wildman–Crippen LogP) is 5.86. The van der Waals surface area contributed by atoms with Gasteiger partial charge in [-0.1, -0.05) is 61.4 Å². The lowest BCUT2D eigenvalue weighted by atomic mass is 10.0. The molecule has 3 aromatic rings. The van der Waals surface area contributed by atoms with Crippen LogP contribution >= 0.6 is 7.51 Å². The van der Waals surface area contributed by atoms with Crippen molar-refractivity contribution >= 4 is 24.9 Å². The number of hydrogen-bond donors (Lipinski definition) is 1. The van der Waals surface area contributed by atoms with Gasteiger partial charge in [0.1, 0.15) is 5.82 Å². The minimum absolute atomic E-state index is 0.600. The Hall–Kier alpha value is -2.73. The molecule has 0 unspecified atom stereocenters. The Balaban J connectivity index is 1.61. The molecule has 8 heteroatoms. The van der Waals surface area contributed by atoms with Crippen LogP contribution in [0.5, 0.6) is 0 Å². The standard InChI is InChI=1S/C26H32N7P/c27-25-23-24(21-13-5-1-6-14-21)29-34(31-17-9-3-10-18-31,32-19-11-4-12-20-32)30-26(23)28-33(25)22-15-7-2-8-16-22/h1-2,5-8,13-16H,3-4,9-12,17-20,27H2. The number of aromatic nitrogens is 2. The van der Waals surface area contributed by atoms with E-state index in [9.17, 15) is 0 Å². The Morgan fingerprint density at radius 1 is 0.706 bits per heavy atom. The number of hydrogen-bond acceptors (Lipinski definition) is 6. The van der Waals surface area contributed by atoms with Crippen LogP contribution in [0.25, 0.3) is 5.69 Å². The molecular weight excluding hydrogens is 441 g/mol. The normalized spacial score (nSPS) is 20.9. The number of rotatable bonds is 4. The second-order valence-corrected chi connectivity index (χ2v) is 11.9. The molecule has 7 nitrogen and oxygen atoms in total. The van der Waals surface area contributed by atoms with Crippen LogP contribution in [0.15, 0.2) is 70.2 Å². The van der Waals surface area contributed by atoms with Crippen molar-refractivity contribution in [3.8, 4) is 5.69 Å². The van der Waals surface area contributed by atoms with Gasteiger partial charge in [0.05, 0.1) is 17.0 Å². The summed E-state index contributed by atoms with van der Waals surface area (Å²) < 4.78 is 18.1. The van der Waals surface area contributed by atoms with Crippen LogP contribution in [0.3, 0.4) is 0 Å². The fourth-order valence-corrected chi connectivity index (χ4v) is 8.76. The van der Waals surface area contributed by atoms with Crippen LogP contribution in [-0.2, 0) is 0 Å². The molecule has 34 heavy (non-hydrogen) atoms. The van der Waals surface area contributed by atoms with Crippen molar-refractivity contribution in [2.45, 2.75) is 38.5 Å². The summed E-state index contributed by atoms with van der Waals surface area (Å²) in [6, 6.07) is 20.6. The first-order chi connectivity index (χ1) is 16.8. The van der Waals surface area contributed by atoms with Crippen LogP contribution in [0.2, 0.25) is 0 Å². The van der Waals surface area contributed by atoms with Gasteiger partial charge in [0.25, 0.3) is 0 Å². The smallest absolute Gasteiger partial charge is 0.218 e. The van der Waals surface area contributed by atoms with Gasteiger partial charge in [-0.2, -0.15) is 4.74 Å². The van der Waals surface area contributed by atoms with Crippen LogP contribution in [0.1, 0.15) is 49.7 Å². The number of nitrogen functional groups attached to an aromatic ring is 1. The molecule has 6 rings (SSSR count). The van der Waals surface area contributed by atoms with E-state index in [1.807, 2.05) is 41.1 Å². The van der Waals surface area contributed by atoms with Crippen molar-refractivity contribution < 1.29 is 0 Å². The molecule has 176 valence electrons. The van der Waals surface area contributed by atoms with Crippen molar-refractivity contribution in [1.29, 1.82) is 0 Å². The van der Waals surface area contributed by atoms with Gasteiger partial charge in [-0.3, -0.25) is 0 Å². The third-order valence-electron chi connectivity index (χ3n) is 7.07. The molecule has 0 aliphatic carbocycles. The molecule has 0 saturated carbocycles. The largest absolute Gasteiger partial charge is 0.383 e. The third-order valence-corrected chi connectivity index (χ3v) is 10.3. The minimum Gasteiger partial charge on any atom is -0.383 e. The molecule has 0 spiro atoms. The van der Waals surface area contributed by atoms with E-state index in [0.29, 0.717) is 5.82 Å². The second-order valence-electron chi connectivity index (χ2n) is 9.31. The second kappa shape index (κ2) is 9.14. The monoisotopic (exact) mass is 473 g/mol. The van der Waals surface area contributed by atoms with Crippen LogP contribution in [0, 0.1) is 0 Å². The number of piperidine rings is 2. The van der Waals surface area contributed by atoms with E-state index >= 15 is 0 Å². The van der Waals surface area contributed by atoms with E-state index in [-0.39, 0.29) is 0 Å². The number of anilines is 1. The lowest BCUT2D eigenvalue weighted by Crippen LogP contribution is -2.38. The summed E-state index contributed by atoms with van der Waals surface area (Å²) in [5, 5.41) is 5.00. The highest BCUT2D eigenvalue weighted by Crippen LogP contribution is 2.64. The molecule has 4 heterocycles. The van der Waals surface area contributed by atoms with Gasteiger partial charge in [-0.15, -0.1) is 5.10 Å². The SMILES string of the molecule is Nc1c2c(nn1-c1ccccc1)N=P(N1CCCCC1)(N1CCCCC1)N=C2c1ccccc1. The van der Waals surface area contributed by atoms with E-state index in [4.69, 9.17) is 20.3 Å². The van der Waals surface area contributed by atoms with Gasteiger partial charge >= 0.3 is 0 Å². The lowest BCUT2D eigenvalue weighted by Gasteiger charge is -2.45. The van der Waals surface area contributed by atoms with Crippen LogP contribution in [-0.4, -0.2) is 51.0 Å². The van der Waals surface area contributed by atoms with Crippen molar-refractivity contribution in [3.05, 3.63) is 71.8 Å². The average Bonchev–Trinajstić information content (AvgIpc) is 3.26. The zero-order valence-electron chi connectivity index (χ0n) is 19.6. The fourth-order valence-electron chi connectivity index (χ4n) is 5.34. The summed E-state index contributed by atoms with van der Waals surface area (Å²) in [6.45, 7) is 4.18. The first kappa shape index (κ1) is 21.8. The van der Waals surface area contributed by atoms with Crippen molar-refractivity contribution in [2.75, 3.05) is 31.9 Å². The van der Waals surface area contributed by atoms with E-state index in [2.05, 4.69) is 33.6 Å². The Labute approximate surface area is 201 Å². The van der Waals surface area contributed by atoms with Gasteiger partial charge in [0.2, 0.25) is 7.51 Å². The summed E-state index contributed by atoms with van der Waals surface area (Å²) in [6.07, 6.45) is 7.38. The predicted molar refractivity (Wildman–Crippen MR) is 140 cm³/mol.